The molecule has 6 aromatic rings. The standard InChI is InChI=1S/C9H10N2O2.C8H7ClN2O.C7H4BrClN2.CH3O.CH4.Na/c1-12-7-5-11-9(13-2)8-6(7)3-4-10-8;1-12-6-4-11-8(9)7-5(6)2-3-10-7;8-5-3-11-7(9)6-4(5)1-2-10-6;1-2;;/h3-5,10H,1-2H3;2-4,10H,1H3;1-3,10H;1H3;1H4;/q;;;-1;;+1. The second-order valence-electron chi connectivity index (χ2n) is 7.15. The van der Waals surface area contributed by atoms with E-state index in [0.29, 0.717) is 16.2 Å². The zero-order valence-corrected chi connectivity index (χ0v) is 26.9. The van der Waals surface area contributed by atoms with E-state index in [1.54, 1.807) is 46.1 Å². The topological polar surface area (TPSA) is 137 Å². The number of aromatic nitrogens is 6. The van der Waals surface area contributed by atoms with E-state index >= 15 is 0 Å². The molecule has 0 aliphatic rings. The van der Waals surface area contributed by atoms with Crippen LogP contribution in [0.1, 0.15) is 7.43 Å². The Labute approximate surface area is 272 Å². The van der Waals surface area contributed by atoms with Crippen molar-refractivity contribution in [3.63, 3.8) is 0 Å². The van der Waals surface area contributed by atoms with Gasteiger partial charge < -0.3 is 34.3 Å². The maximum absolute atomic E-state index is 8.25. The fourth-order valence-electron chi connectivity index (χ4n) is 3.46. The predicted octanol–water partition coefficient (Wildman–Crippen LogP) is 3.40. The van der Waals surface area contributed by atoms with Crippen LogP contribution in [-0.4, -0.2) is 58.3 Å². The zero-order chi connectivity index (χ0) is 27.7. The van der Waals surface area contributed by atoms with E-state index in [1.807, 2.05) is 30.6 Å². The van der Waals surface area contributed by atoms with E-state index in [4.69, 9.17) is 42.5 Å². The third-order valence-corrected chi connectivity index (χ3v) is 6.38. The monoisotopic (exact) mass is 660 g/mol. The molecule has 40 heavy (non-hydrogen) atoms. The molecule has 0 amide bonds. The van der Waals surface area contributed by atoms with Crippen LogP contribution >= 0.6 is 39.1 Å². The van der Waals surface area contributed by atoms with E-state index in [2.05, 4.69) is 45.8 Å². The van der Waals surface area contributed by atoms with Crippen LogP contribution in [0.2, 0.25) is 10.3 Å². The van der Waals surface area contributed by atoms with Crippen LogP contribution in [0.3, 0.4) is 0 Å². The molecule has 0 aliphatic carbocycles. The van der Waals surface area contributed by atoms with Gasteiger partial charge in [0.2, 0.25) is 5.88 Å². The Morgan fingerprint density at radius 1 is 0.675 bits per heavy atom. The molecular formula is C26H28BrCl2N6NaO4. The predicted molar refractivity (Wildman–Crippen MR) is 158 cm³/mol. The Hall–Kier alpha value is -2.51. The molecule has 6 rings (SSSR count). The van der Waals surface area contributed by atoms with Gasteiger partial charge in [0.15, 0.2) is 10.3 Å². The molecule has 6 heterocycles. The second-order valence-corrected chi connectivity index (χ2v) is 8.72. The Morgan fingerprint density at radius 2 is 1.10 bits per heavy atom. The van der Waals surface area contributed by atoms with Crippen molar-refractivity contribution >= 4 is 71.8 Å². The maximum atomic E-state index is 8.25. The van der Waals surface area contributed by atoms with Crippen molar-refractivity contribution in [2.24, 2.45) is 0 Å². The van der Waals surface area contributed by atoms with Gasteiger partial charge in [-0.2, -0.15) is 7.11 Å². The van der Waals surface area contributed by atoms with Crippen molar-refractivity contribution in [2.75, 3.05) is 28.4 Å². The van der Waals surface area contributed by atoms with Gasteiger partial charge in [0.1, 0.15) is 17.0 Å². The molecule has 14 heteroatoms. The quantitative estimate of drug-likeness (QED) is 0.195. The first kappa shape index (κ1) is 35.5. The summed E-state index contributed by atoms with van der Waals surface area (Å²) in [6.07, 6.45) is 10.4. The third-order valence-electron chi connectivity index (χ3n) is 5.17. The van der Waals surface area contributed by atoms with Crippen molar-refractivity contribution in [3.05, 3.63) is 70.2 Å². The fourth-order valence-corrected chi connectivity index (χ4v) is 4.31. The second kappa shape index (κ2) is 17.3. The number of aromatic amines is 3. The van der Waals surface area contributed by atoms with E-state index in [1.165, 1.54) is 0 Å². The van der Waals surface area contributed by atoms with Crippen LogP contribution in [0.15, 0.2) is 59.9 Å². The number of methoxy groups -OCH3 is 3. The molecule has 10 nitrogen and oxygen atoms in total. The van der Waals surface area contributed by atoms with Crippen LogP contribution in [0, 0.1) is 0 Å². The molecule has 0 fully saturated rings. The van der Waals surface area contributed by atoms with Crippen LogP contribution in [0.5, 0.6) is 17.4 Å². The number of rotatable bonds is 3. The minimum atomic E-state index is 0. The molecule has 0 bridgehead atoms. The van der Waals surface area contributed by atoms with Crippen molar-refractivity contribution in [1.29, 1.82) is 0 Å². The average molecular weight is 662 g/mol. The van der Waals surface area contributed by atoms with Gasteiger partial charge in [0.05, 0.1) is 44.8 Å². The Bertz CT molecular complexity index is 1550. The van der Waals surface area contributed by atoms with Crippen LogP contribution in [0.4, 0.5) is 0 Å². The van der Waals surface area contributed by atoms with Crippen molar-refractivity contribution in [3.8, 4) is 17.4 Å². The van der Waals surface area contributed by atoms with Crippen LogP contribution in [-0.2, 0) is 0 Å². The number of hydrogen-bond donors (Lipinski definition) is 3. The maximum Gasteiger partial charge on any atom is 1.00 e. The smallest absolute Gasteiger partial charge is 0.857 e. The minimum absolute atomic E-state index is 0. The molecule has 0 radical (unpaired) electrons. The summed E-state index contributed by atoms with van der Waals surface area (Å²) in [4.78, 5) is 21.1. The molecular weight excluding hydrogens is 634 g/mol. The molecule has 6 aromatic heterocycles. The van der Waals surface area contributed by atoms with E-state index in [9.17, 15) is 0 Å². The number of nitrogens with one attached hydrogen (secondary N) is 3. The summed E-state index contributed by atoms with van der Waals surface area (Å²) in [6.45, 7) is 0. The van der Waals surface area contributed by atoms with E-state index in [0.717, 1.165) is 55.8 Å². The number of H-pyrrole nitrogens is 3. The molecule has 0 aliphatic heterocycles. The fraction of sp³-hybridized carbons (Fsp3) is 0.192. The molecule has 0 atom stereocenters. The Kier molecular flexibility index (Phi) is 15.4. The molecule has 0 unspecified atom stereocenters. The Balaban J connectivity index is 0.000000285. The van der Waals surface area contributed by atoms with Crippen molar-refractivity contribution in [2.45, 2.75) is 7.43 Å². The molecule has 208 valence electrons. The van der Waals surface area contributed by atoms with Gasteiger partial charge in [-0.25, -0.2) is 15.0 Å². The SMILES string of the molecule is C.COc1cnc(Cl)c2[nH]ccc12.COc1cnc(OC)c2[nH]ccc12.C[O-].Clc1ncc(Br)c2cc[nH]c12.[Na+]. The molecule has 0 spiro atoms. The third kappa shape index (κ3) is 8.03. The normalized spacial score (nSPS) is 9.60. The molecule has 0 saturated heterocycles. The van der Waals surface area contributed by atoms with Crippen molar-refractivity contribution < 1.29 is 48.9 Å². The summed E-state index contributed by atoms with van der Waals surface area (Å²) in [7, 11) is 5.57. The minimum Gasteiger partial charge on any atom is -0.857 e. The van der Waals surface area contributed by atoms with Crippen molar-refractivity contribution in [1.82, 2.24) is 29.9 Å². The van der Waals surface area contributed by atoms with E-state index in [-0.39, 0.29) is 37.0 Å². The first-order valence-electron chi connectivity index (χ1n) is 10.9. The van der Waals surface area contributed by atoms with Gasteiger partial charge in [-0.3, -0.25) is 0 Å². The first-order valence-corrected chi connectivity index (χ1v) is 12.4. The molecule has 0 aromatic carbocycles. The summed E-state index contributed by atoms with van der Waals surface area (Å²) in [6, 6.07) is 5.78. The average Bonchev–Trinajstić information content (AvgIpc) is 3.74. The number of pyridine rings is 3. The first-order chi connectivity index (χ1) is 18.5. The summed E-state index contributed by atoms with van der Waals surface area (Å²) in [5, 5.41) is 12.2. The van der Waals surface area contributed by atoms with Gasteiger partial charge in [-0.15, -0.1) is 0 Å². The van der Waals surface area contributed by atoms with E-state index < -0.39 is 0 Å². The van der Waals surface area contributed by atoms with Crippen LogP contribution in [0.25, 0.3) is 32.7 Å². The molecule has 0 saturated carbocycles. The number of halogens is 3. The van der Waals surface area contributed by atoms with Gasteiger partial charge in [0, 0.05) is 45.4 Å². The summed E-state index contributed by atoms with van der Waals surface area (Å²) >= 11 is 15.0. The summed E-state index contributed by atoms with van der Waals surface area (Å²) < 4.78 is 16.3. The zero-order valence-electron chi connectivity index (χ0n) is 21.8. The van der Waals surface area contributed by atoms with Gasteiger partial charge in [0.25, 0.3) is 0 Å². The summed E-state index contributed by atoms with van der Waals surface area (Å²) in [5.41, 5.74) is 2.55. The molecule has 3 N–H and O–H groups in total. The Morgan fingerprint density at radius 3 is 1.60 bits per heavy atom. The van der Waals surface area contributed by atoms with Gasteiger partial charge in [-0.1, -0.05) is 30.6 Å². The number of fused-ring (bicyclic) bond motifs is 3. The van der Waals surface area contributed by atoms with Gasteiger partial charge >= 0.3 is 29.6 Å². The number of hydrogen-bond acceptors (Lipinski definition) is 7. The number of nitrogens with zero attached hydrogens (tertiary/aromatic N) is 3. The van der Waals surface area contributed by atoms with Gasteiger partial charge in [-0.05, 0) is 34.1 Å². The van der Waals surface area contributed by atoms with Crippen LogP contribution < -0.4 is 48.9 Å². The summed E-state index contributed by atoms with van der Waals surface area (Å²) in [5.74, 6) is 2.06. The number of ether oxygens (including phenoxy) is 3. The largest absolute Gasteiger partial charge is 1.00 e.